The highest BCUT2D eigenvalue weighted by Gasteiger charge is 2.18. The van der Waals surface area contributed by atoms with Crippen LogP contribution in [0.4, 0.5) is 5.82 Å². The Kier molecular flexibility index (Phi) is 3.36. The van der Waals surface area contributed by atoms with Crippen molar-refractivity contribution in [3.63, 3.8) is 0 Å². The summed E-state index contributed by atoms with van der Waals surface area (Å²) in [5.41, 5.74) is 2.82. The molecular formula is C11H16N4O. The monoisotopic (exact) mass is 220 g/mol. The number of nitrogens with one attached hydrogen (secondary N) is 2. The van der Waals surface area contributed by atoms with Crippen molar-refractivity contribution >= 4 is 11.7 Å². The molecule has 0 radical (unpaired) electrons. The molecule has 5 nitrogen and oxygen atoms in total. The second-order valence-electron chi connectivity index (χ2n) is 4.06. The summed E-state index contributed by atoms with van der Waals surface area (Å²) in [6.45, 7) is 0.751. The van der Waals surface area contributed by atoms with Crippen LogP contribution in [-0.2, 0) is 0 Å². The molecule has 0 atom stereocenters. The van der Waals surface area contributed by atoms with Crippen molar-refractivity contribution in [1.82, 2.24) is 10.3 Å². The summed E-state index contributed by atoms with van der Waals surface area (Å²) in [6, 6.07) is 5.14. The van der Waals surface area contributed by atoms with E-state index in [1.807, 2.05) is 0 Å². The van der Waals surface area contributed by atoms with Crippen molar-refractivity contribution in [2.75, 3.05) is 12.0 Å². The van der Waals surface area contributed by atoms with Crippen molar-refractivity contribution in [3.8, 4) is 0 Å². The maximum atomic E-state index is 11.7. The number of nitrogens with two attached hydrogens (primary N) is 1. The molecule has 4 N–H and O–H groups in total. The summed E-state index contributed by atoms with van der Waals surface area (Å²) in [5, 5.41) is 2.88. The fourth-order valence-electron chi connectivity index (χ4n) is 1.67. The Hall–Kier alpha value is -1.62. The molecule has 0 spiro atoms. The van der Waals surface area contributed by atoms with E-state index in [0.717, 1.165) is 6.54 Å². The highest BCUT2D eigenvalue weighted by molar-refractivity contribution is 5.92. The van der Waals surface area contributed by atoms with Crippen molar-refractivity contribution in [3.05, 3.63) is 23.9 Å². The van der Waals surface area contributed by atoms with Crippen LogP contribution >= 0.6 is 0 Å². The van der Waals surface area contributed by atoms with Gasteiger partial charge in [0.05, 0.1) is 0 Å². The summed E-state index contributed by atoms with van der Waals surface area (Å²) < 4.78 is 0. The van der Waals surface area contributed by atoms with Gasteiger partial charge in [-0.05, 0) is 30.9 Å². The first-order chi connectivity index (χ1) is 7.79. The van der Waals surface area contributed by atoms with Gasteiger partial charge >= 0.3 is 0 Å². The molecule has 86 valence electrons. The van der Waals surface area contributed by atoms with Gasteiger partial charge in [-0.15, -0.1) is 0 Å². The Balaban J connectivity index is 1.91. The second-order valence-corrected chi connectivity index (χ2v) is 4.06. The highest BCUT2D eigenvalue weighted by atomic mass is 16.1. The molecule has 1 aromatic heterocycles. The number of nitrogen functional groups attached to an aromatic ring is 1. The Labute approximate surface area is 94.4 Å². The zero-order valence-corrected chi connectivity index (χ0v) is 9.07. The highest BCUT2D eigenvalue weighted by Crippen LogP contribution is 2.25. The van der Waals surface area contributed by atoms with E-state index in [0.29, 0.717) is 17.4 Å². The minimum Gasteiger partial charge on any atom is -0.350 e. The van der Waals surface area contributed by atoms with E-state index in [-0.39, 0.29) is 5.91 Å². The van der Waals surface area contributed by atoms with Crippen LogP contribution in [0, 0.1) is 5.92 Å². The van der Waals surface area contributed by atoms with Crippen LogP contribution in [0.25, 0.3) is 0 Å². The SMILES string of the molecule is NNc1cccc(C(=O)NCC2CCC2)n1. The van der Waals surface area contributed by atoms with Gasteiger partial charge in [0, 0.05) is 6.54 Å². The van der Waals surface area contributed by atoms with E-state index in [2.05, 4.69) is 15.7 Å². The Morgan fingerprint density at radius 2 is 2.31 bits per heavy atom. The molecule has 1 saturated carbocycles. The van der Waals surface area contributed by atoms with Crippen molar-refractivity contribution in [1.29, 1.82) is 0 Å². The van der Waals surface area contributed by atoms with E-state index in [9.17, 15) is 4.79 Å². The number of anilines is 1. The van der Waals surface area contributed by atoms with E-state index in [1.165, 1.54) is 19.3 Å². The van der Waals surface area contributed by atoms with Gasteiger partial charge in [-0.3, -0.25) is 4.79 Å². The Morgan fingerprint density at radius 3 is 2.94 bits per heavy atom. The third-order valence-corrected chi connectivity index (χ3v) is 2.91. The lowest BCUT2D eigenvalue weighted by atomic mass is 9.85. The number of carbonyl (C=O) groups is 1. The lowest BCUT2D eigenvalue weighted by molar-refractivity contribution is 0.0934. The second kappa shape index (κ2) is 4.94. The lowest BCUT2D eigenvalue weighted by Gasteiger charge is -2.25. The van der Waals surface area contributed by atoms with E-state index >= 15 is 0 Å². The van der Waals surface area contributed by atoms with Crippen LogP contribution in [0.3, 0.4) is 0 Å². The van der Waals surface area contributed by atoms with E-state index < -0.39 is 0 Å². The minimum absolute atomic E-state index is 0.135. The number of carbonyl (C=O) groups excluding carboxylic acids is 1. The Morgan fingerprint density at radius 1 is 1.50 bits per heavy atom. The van der Waals surface area contributed by atoms with Crippen LogP contribution in [0.1, 0.15) is 29.8 Å². The fraction of sp³-hybridized carbons (Fsp3) is 0.455. The van der Waals surface area contributed by atoms with Crippen LogP contribution in [0.5, 0.6) is 0 Å². The number of hydrazine groups is 1. The molecule has 0 saturated heterocycles. The molecule has 16 heavy (non-hydrogen) atoms. The molecule has 0 aliphatic heterocycles. The number of aromatic nitrogens is 1. The molecule has 1 aromatic rings. The third-order valence-electron chi connectivity index (χ3n) is 2.91. The molecule has 1 aliphatic rings. The van der Waals surface area contributed by atoms with Crippen LogP contribution in [0.2, 0.25) is 0 Å². The van der Waals surface area contributed by atoms with Crippen LogP contribution in [-0.4, -0.2) is 17.4 Å². The predicted molar refractivity (Wildman–Crippen MR) is 61.7 cm³/mol. The molecule has 2 rings (SSSR count). The van der Waals surface area contributed by atoms with E-state index in [4.69, 9.17) is 5.84 Å². The maximum Gasteiger partial charge on any atom is 0.269 e. The summed E-state index contributed by atoms with van der Waals surface area (Å²) >= 11 is 0. The van der Waals surface area contributed by atoms with Crippen molar-refractivity contribution in [2.45, 2.75) is 19.3 Å². The molecule has 1 heterocycles. The predicted octanol–water partition coefficient (Wildman–Crippen LogP) is 0.897. The van der Waals surface area contributed by atoms with Crippen LogP contribution in [0.15, 0.2) is 18.2 Å². The topological polar surface area (TPSA) is 80.0 Å². The van der Waals surface area contributed by atoms with E-state index in [1.54, 1.807) is 18.2 Å². The van der Waals surface area contributed by atoms with Gasteiger partial charge in [0.2, 0.25) is 0 Å². The number of pyridine rings is 1. The van der Waals surface area contributed by atoms with Crippen molar-refractivity contribution < 1.29 is 4.79 Å². The maximum absolute atomic E-state index is 11.7. The molecule has 1 amide bonds. The zero-order valence-electron chi connectivity index (χ0n) is 9.07. The number of rotatable bonds is 4. The molecule has 1 aliphatic carbocycles. The van der Waals surface area contributed by atoms with Gasteiger partial charge in [0.25, 0.3) is 5.91 Å². The van der Waals surface area contributed by atoms with Gasteiger partial charge in [0.15, 0.2) is 0 Å². The quantitative estimate of drug-likeness (QED) is 0.520. The Bertz CT molecular complexity index is 376. The van der Waals surface area contributed by atoms with Crippen molar-refractivity contribution in [2.24, 2.45) is 11.8 Å². The summed E-state index contributed by atoms with van der Waals surface area (Å²) in [4.78, 5) is 15.8. The molecule has 1 fully saturated rings. The van der Waals surface area contributed by atoms with Gasteiger partial charge in [-0.25, -0.2) is 10.8 Å². The normalized spacial score (nSPS) is 15.3. The summed E-state index contributed by atoms with van der Waals surface area (Å²) in [6.07, 6.45) is 3.72. The summed E-state index contributed by atoms with van der Waals surface area (Å²) in [7, 11) is 0. The number of hydrogen-bond acceptors (Lipinski definition) is 4. The standard InChI is InChI=1S/C11H16N4O/c12-15-10-6-2-5-9(14-10)11(16)13-7-8-3-1-4-8/h2,5-6,8H,1,3-4,7,12H2,(H,13,16)(H,14,15). The minimum atomic E-state index is -0.135. The zero-order chi connectivity index (χ0) is 11.4. The van der Waals surface area contributed by atoms with Gasteiger partial charge in [-0.1, -0.05) is 12.5 Å². The summed E-state index contributed by atoms with van der Waals surface area (Å²) in [5.74, 6) is 6.24. The smallest absolute Gasteiger partial charge is 0.269 e. The molecular weight excluding hydrogens is 204 g/mol. The number of amides is 1. The largest absolute Gasteiger partial charge is 0.350 e. The van der Waals surface area contributed by atoms with Gasteiger partial charge in [-0.2, -0.15) is 0 Å². The number of nitrogens with zero attached hydrogens (tertiary/aromatic N) is 1. The van der Waals surface area contributed by atoms with Gasteiger partial charge in [0.1, 0.15) is 11.5 Å². The number of hydrogen-bond donors (Lipinski definition) is 3. The third kappa shape index (κ3) is 2.49. The lowest BCUT2D eigenvalue weighted by Crippen LogP contribution is -2.32. The average Bonchev–Trinajstić information content (AvgIpc) is 2.27. The first-order valence-corrected chi connectivity index (χ1v) is 5.51. The first-order valence-electron chi connectivity index (χ1n) is 5.51. The van der Waals surface area contributed by atoms with Gasteiger partial charge < -0.3 is 10.7 Å². The molecule has 0 bridgehead atoms. The van der Waals surface area contributed by atoms with Crippen LogP contribution < -0.4 is 16.6 Å². The fourth-order valence-corrected chi connectivity index (χ4v) is 1.67. The first kappa shape index (κ1) is 10.9. The molecule has 0 aromatic carbocycles. The molecule has 5 heteroatoms. The average molecular weight is 220 g/mol. The molecule has 0 unspecified atom stereocenters.